The molecule has 3 atom stereocenters. The topological polar surface area (TPSA) is 32.3 Å². The number of alkyl halides is 3. The minimum absolute atomic E-state index is 0. The van der Waals surface area contributed by atoms with E-state index >= 15 is 0 Å². The van der Waals surface area contributed by atoms with Gasteiger partial charge in [-0.2, -0.15) is 13.2 Å². The quantitative estimate of drug-likeness (QED) is 0.864. The Bertz CT molecular complexity index is 569. The zero-order valence-corrected chi connectivity index (χ0v) is 14.9. The van der Waals surface area contributed by atoms with Gasteiger partial charge in [0.25, 0.3) is 0 Å². The molecule has 0 aromatic heterocycles. The highest BCUT2D eigenvalue weighted by atomic mass is 35.5. The van der Waals surface area contributed by atoms with Gasteiger partial charge in [0.2, 0.25) is 5.91 Å². The maximum atomic E-state index is 13.4. The Morgan fingerprint density at radius 3 is 2.28 bits per heavy atom. The molecule has 25 heavy (non-hydrogen) atoms. The highest BCUT2D eigenvalue weighted by Crippen LogP contribution is 2.38. The lowest BCUT2D eigenvalue weighted by Gasteiger charge is -2.36. The van der Waals surface area contributed by atoms with E-state index < -0.39 is 24.4 Å². The zero-order valence-electron chi connectivity index (χ0n) is 14.1. The van der Waals surface area contributed by atoms with E-state index in [1.165, 1.54) is 12.1 Å². The Kier molecular flexibility index (Phi) is 6.38. The van der Waals surface area contributed by atoms with E-state index in [0.29, 0.717) is 12.1 Å². The Morgan fingerprint density at radius 2 is 1.76 bits per heavy atom. The number of rotatable bonds is 4. The van der Waals surface area contributed by atoms with Crippen molar-refractivity contribution >= 4 is 18.3 Å². The minimum Gasteiger partial charge on any atom is -0.343 e. The molecule has 2 aliphatic rings. The van der Waals surface area contributed by atoms with Crippen LogP contribution >= 0.6 is 12.4 Å². The van der Waals surface area contributed by atoms with Crippen LogP contribution < -0.4 is 5.32 Å². The molecule has 1 aromatic rings. The molecule has 3 nitrogen and oxygen atoms in total. The molecule has 1 aromatic carbocycles. The number of benzene rings is 1. The van der Waals surface area contributed by atoms with Crippen LogP contribution in [0, 0.1) is 0 Å². The average molecular weight is 377 g/mol. The number of carbonyl (C=O) groups excluding carboxylic acids is 1. The van der Waals surface area contributed by atoms with Crippen molar-refractivity contribution in [2.24, 2.45) is 0 Å². The number of nitrogens with one attached hydrogen (secondary N) is 1. The van der Waals surface area contributed by atoms with E-state index in [9.17, 15) is 18.0 Å². The van der Waals surface area contributed by atoms with Crippen molar-refractivity contribution in [2.75, 3.05) is 7.05 Å². The Morgan fingerprint density at radius 1 is 1.20 bits per heavy atom. The molecular weight excluding hydrogens is 353 g/mol. The zero-order chi connectivity index (χ0) is 17.3. The van der Waals surface area contributed by atoms with Gasteiger partial charge in [0.15, 0.2) is 0 Å². The van der Waals surface area contributed by atoms with Crippen molar-refractivity contribution in [3.8, 4) is 0 Å². The van der Waals surface area contributed by atoms with Gasteiger partial charge >= 0.3 is 6.18 Å². The number of nitrogens with zero attached hydrogens (tertiary/aromatic N) is 1. The molecule has 2 heterocycles. The molecule has 2 aliphatic heterocycles. The van der Waals surface area contributed by atoms with Crippen molar-refractivity contribution < 1.29 is 18.0 Å². The maximum absolute atomic E-state index is 13.4. The number of hydrogen-bond donors (Lipinski definition) is 1. The molecule has 3 rings (SSSR count). The van der Waals surface area contributed by atoms with Crippen LogP contribution in [0.25, 0.3) is 0 Å². The molecule has 2 saturated heterocycles. The third kappa shape index (κ3) is 4.67. The standard InChI is InChI=1S/C18H23F3N2O.ClH/c1-23(15-9-13-7-8-14(10-15)22-13)17(24)11-16(18(19,20)21)12-5-3-2-4-6-12;/h2-6,13-16,22H,7-11H2,1H3;1H. The first kappa shape index (κ1) is 20.0. The van der Waals surface area contributed by atoms with Crippen molar-refractivity contribution in [3.63, 3.8) is 0 Å². The van der Waals surface area contributed by atoms with Crippen LogP contribution in [-0.2, 0) is 4.79 Å². The highest BCUT2D eigenvalue weighted by Gasteiger charge is 2.43. The molecule has 7 heteroatoms. The molecule has 1 N–H and O–H groups in total. The summed E-state index contributed by atoms with van der Waals surface area (Å²) in [6.07, 6.45) is -1.09. The van der Waals surface area contributed by atoms with Gasteiger partial charge in [-0.15, -0.1) is 12.4 Å². The van der Waals surface area contributed by atoms with E-state index in [1.807, 2.05) is 0 Å². The van der Waals surface area contributed by atoms with Crippen LogP contribution in [0.5, 0.6) is 0 Å². The summed E-state index contributed by atoms with van der Waals surface area (Å²) in [5, 5.41) is 3.49. The number of amides is 1. The summed E-state index contributed by atoms with van der Waals surface area (Å²) >= 11 is 0. The smallest absolute Gasteiger partial charge is 0.343 e. The molecule has 3 unspecified atom stereocenters. The van der Waals surface area contributed by atoms with Gasteiger partial charge < -0.3 is 10.2 Å². The fourth-order valence-electron chi connectivity index (χ4n) is 3.97. The maximum Gasteiger partial charge on any atom is 0.396 e. The summed E-state index contributed by atoms with van der Waals surface area (Å²) in [4.78, 5) is 14.1. The van der Waals surface area contributed by atoms with Gasteiger partial charge in [0.1, 0.15) is 0 Å². The molecule has 0 spiro atoms. The first-order valence-corrected chi connectivity index (χ1v) is 8.48. The first-order chi connectivity index (χ1) is 11.3. The van der Waals surface area contributed by atoms with Gasteiger partial charge in [-0.25, -0.2) is 0 Å². The highest BCUT2D eigenvalue weighted by molar-refractivity contribution is 5.85. The molecule has 1 amide bonds. The predicted octanol–water partition coefficient (Wildman–Crippen LogP) is 3.89. The van der Waals surface area contributed by atoms with Crippen molar-refractivity contribution in [1.29, 1.82) is 0 Å². The van der Waals surface area contributed by atoms with Crippen LogP contribution in [-0.4, -0.2) is 42.2 Å². The van der Waals surface area contributed by atoms with E-state index in [-0.39, 0.29) is 24.0 Å². The largest absolute Gasteiger partial charge is 0.396 e. The second-order valence-electron chi connectivity index (χ2n) is 6.98. The molecule has 0 aliphatic carbocycles. The van der Waals surface area contributed by atoms with Gasteiger partial charge in [-0.1, -0.05) is 30.3 Å². The lowest BCUT2D eigenvalue weighted by molar-refractivity contribution is -0.161. The van der Waals surface area contributed by atoms with Crippen LogP contribution in [0.1, 0.15) is 43.6 Å². The lowest BCUT2D eigenvalue weighted by atomic mass is 9.93. The summed E-state index contributed by atoms with van der Waals surface area (Å²) in [5.41, 5.74) is 0.150. The second-order valence-corrected chi connectivity index (χ2v) is 6.98. The number of halogens is 4. The number of piperidine rings is 1. The fraction of sp³-hybridized carbons (Fsp3) is 0.611. The summed E-state index contributed by atoms with van der Waals surface area (Å²) < 4.78 is 40.3. The van der Waals surface area contributed by atoms with E-state index in [4.69, 9.17) is 0 Å². The summed E-state index contributed by atoms with van der Waals surface area (Å²) in [6, 6.07) is 8.55. The first-order valence-electron chi connectivity index (χ1n) is 8.48. The van der Waals surface area contributed by atoms with Gasteiger partial charge in [0, 0.05) is 31.6 Å². The third-order valence-electron chi connectivity index (χ3n) is 5.37. The lowest BCUT2D eigenvalue weighted by Crippen LogP contribution is -2.49. The number of hydrogen-bond acceptors (Lipinski definition) is 2. The van der Waals surface area contributed by atoms with E-state index in [0.717, 1.165) is 25.7 Å². The van der Waals surface area contributed by atoms with Crippen LogP contribution in [0.15, 0.2) is 30.3 Å². The number of carbonyl (C=O) groups is 1. The summed E-state index contributed by atoms with van der Waals surface area (Å²) in [5.74, 6) is -2.17. The summed E-state index contributed by atoms with van der Waals surface area (Å²) in [7, 11) is 1.65. The Labute approximate surface area is 152 Å². The molecule has 0 saturated carbocycles. The third-order valence-corrected chi connectivity index (χ3v) is 5.37. The van der Waals surface area contributed by atoms with E-state index in [2.05, 4.69) is 5.32 Å². The molecule has 140 valence electrons. The fourth-order valence-corrected chi connectivity index (χ4v) is 3.97. The SMILES string of the molecule is CN(C(=O)CC(c1ccccc1)C(F)(F)F)C1CC2CCC(C1)N2.Cl. The van der Waals surface area contributed by atoms with Crippen molar-refractivity contribution in [2.45, 2.75) is 62.3 Å². The van der Waals surface area contributed by atoms with Crippen LogP contribution in [0.2, 0.25) is 0 Å². The monoisotopic (exact) mass is 376 g/mol. The predicted molar refractivity (Wildman–Crippen MR) is 92.8 cm³/mol. The van der Waals surface area contributed by atoms with Crippen molar-refractivity contribution in [3.05, 3.63) is 35.9 Å². The van der Waals surface area contributed by atoms with Gasteiger partial charge in [0.05, 0.1) is 5.92 Å². The van der Waals surface area contributed by atoms with Crippen LogP contribution in [0.4, 0.5) is 13.2 Å². The Hall–Kier alpha value is -1.27. The normalized spacial score (nSPS) is 26.6. The van der Waals surface area contributed by atoms with Gasteiger partial charge in [-0.05, 0) is 31.2 Å². The molecule has 2 bridgehead atoms. The number of fused-ring (bicyclic) bond motifs is 2. The minimum atomic E-state index is -4.43. The van der Waals surface area contributed by atoms with E-state index in [1.54, 1.807) is 30.1 Å². The van der Waals surface area contributed by atoms with Crippen molar-refractivity contribution in [1.82, 2.24) is 10.2 Å². The molecular formula is C18H24ClF3N2O. The Balaban J connectivity index is 0.00000225. The average Bonchev–Trinajstić information content (AvgIpc) is 2.89. The van der Waals surface area contributed by atoms with Gasteiger partial charge in [-0.3, -0.25) is 4.79 Å². The molecule has 0 radical (unpaired) electrons. The van der Waals surface area contributed by atoms with Crippen LogP contribution in [0.3, 0.4) is 0 Å². The molecule has 2 fully saturated rings. The second kappa shape index (κ2) is 7.96. The summed E-state index contributed by atoms with van der Waals surface area (Å²) in [6.45, 7) is 0.